The lowest BCUT2D eigenvalue weighted by Crippen LogP contribution is -2.27. The smallest absolute Gasteiger partial charge is 0.254 e. The van der Waals surface area contributed by atoms with Gasteiger partial charge in [0.2, 0.25) is 0 Å². The predicted octanol–water partition coefficient (Wildman–Crippen LogP) is 2.14. The van der Waals surface area contributed by atoms with Crippen molar-refractivity contribution in [3.05, 3.63) is 45.6 Å². The second-order valence-corrected chi connectivity index (χ2v) is 2.93. The average Bonchev–Trinajstić information content (AvgIpc) is 2.31. The Bertz CT molecular complexity index is 485. The van der Waals surface area contributed by atoms with Gasteiger partial charge >= 0.3 is 0 Å². The van der Waals surface area contributed by atoms with Gasteiger partial charge in [0.25, 0.3) is 5.91 Å². The Balaban J connectivity index is 2.76. The van der Waals surface area contributed by atoms with Gasteiger partial charge in [0.15, 0.2) is 17.5 Å². The third-order valence-corrected chi connectivity index (χ3v) is 1.84. The summed E-state index contributed by atoms with van der Waals surface area (Å²) >= 11 is 0. The molecule has 0 aliphatic heterocycles. The minimum atomic E-state index is -1.70. The Kier molecular flexibility index (Phi) is 4.36. The highest BCUT2D eigenvalue weighted by Crippen LogP contribution is 2.14. The molecule has 1 aromatic rings. The van der Waals surface area contributed by atoms with Crippen LogP contribution in [0.1, 0.15) is 10.4 Å². The van der Waals surface area contributed by atoms with Crippen LogP contribution in [0, 0.1) is 17.5 Å². The topological polar surface area (TPSA) is 77.9 Å². The van der Waals surface area contributed by atoms with Gasteiger partial charge in [0.05, 0.1) is 5.56 Å². The molecule has 8 heteroatoms. The summed E-state index contributed by atoms with van der Waals surface area (Å²) in [6, 6.07) is 1.48. The molecule has 17 heavy (non-hydrogen) atoms. The van der Waals surface area contributed by atoms with Crippen LogP contribution >= 0.6 is 0 Å². The Morgan fingerprint density at radius 1 is 1.35 bits per heavy atom. The van der Waals surface area contributed by atoms with Crippen LogP contribution in [0.5, 0.6) is 0 Å². The summed E-state index contributed by atoms with van der Waals surface area (Å²) in [4.78, 5) is 13.8. The van der Waals surface area contributed by atoms with E-state index in [0.29, 0.717) is 6.07 Å². The molecule has 1 aromatic carbocycles. The summed E-state index contributed by atoms with van der Waals surface area (Å²) in [7, 11) is 0. The molecule has 0 saturated carbocycles. The fourth-order valence-corrected chi connectivity index (χ4v) is 1.06. The number of benzene rings is 1. The number of hydrogen-bond acceptors (Lipinski definition) is 2. The highest BCUT2D eigenvalue weighted by molar-refractivity contribution is 5.94. The first-order chi connectivity index (χ1) is 8.07. The largest absolute Gasteiger partial charge is 0.352 e. The summed E-state index contributed by atoms with van der Waals surface area (Å²) in [6.07, 6.45) is 0. The Hall–Kier alpha value is -2.21. The van der Waals surface area contributed by atoms with E-state index in [1.165, 1.54) is 0 Å². The highest BCUT2D eigenvalue weighted by Gasteiger charge is 2.18. The Morgan fingerprint density at radius 2 is 2.06 bits per heavy atom. The zero-order valence-electron chi connectivity index (χ0n) is 8.45. The molecule has 0 bridgehead atoms. The summed E-state index contributed by atoms with van der Waals surface area (Å²) < 4.78 is 38.5. The molecule has 0 aliphatic rings. The van der Waals surface area contributed by atoms with E-state index in [9.17, 15) is 18.0 Å². The molecule has 0 aromatic heterocycles. The molecule has 1 N–H and O–H groups in total. The Morgan fingerprint density at radius 3 is 2.71 bits per heavy atom. The van der Waals surface area contributed by atoms with E-state index in [4.69, 9.17) is 5.53 Å². The average molecular weight is 244 g/mol. The van der Waals surface area contributed by atoms with Crippen LogP contribution in [-0.2, 0) is 0 Å². The van der Waals surface area contributed by atoms with Gasteiger partial charge < -0.3 is 5.32 Å². The standard InChI is InChI=1S/C9H7F3N4O/c10-6-2-1-5(7(11)8(6)12)9(17)14-3-4-15-16-13/h1-2H,3-4H2,(H,14,17). The van der Waals surface area contributed by atoms with Gasteiger partial charge in [-0.25, -0.2) is 13.2 Å². The number of halogens is 3. The van der Waals surface area contributed by atoms with E-state index in [2.05, 4.69) is 15.3 Å². The second-order valence-electron chi connectivity index (χ2n) is 2.93. The van der Waals surface area contributed by atoms with E-state index >= 15 is 0 Å². The van der Waals surface area contributed by atoms with Gasteiger partial charge in [0, 0.05) is 18.0 Å². The maximum absolute atomic E-state index is 13.1. The molecular weight excluding hydrogens is 237 g/mol. The molecule has 1 amide bonds. The summed E-state index contributed by atoms with van der Waals surface area (Å²) in [5.74, 6) is -5.53. The summed E-state index contributed by atoms with van der Waals surface area (Å²) in [5.41, 5.74) is 7.35. The third kappa shape index (κ3) is 3.12. The number of nitrogens with zero attached hydrogens (tertiary/aromatic N) is 3. The van der Waals surface area contributed by atoms with Crippen molar-refractivity contribution in [3.8, 4) is 0 Å². The van der Waals surface area contributed by atoms with Crippen LogP contribution in [0.2, 0.25) is 0 Å². The van der Waals surface area contributed by atoms with Crippen molar-refractivity contribution in [2.24, 2.45) is 5.11 Å². The minimum Gasteiger partial charge on any atom is -0.352 e. The zero-order chi connectivity index (χ0) is 12.8. The first-order valence-electron chi connectivity index (χ1n) is 4.50. The van der Waals surface area contributed by atoms with Crippen LogP contribution in [0.25, 0.3) is 10.4 Å². The van der Waals surface area contributed by atoms with Crippen LogP contribution in [0.3, 0.4) is 0 Å². The van der Waals surface area contributed by atoms with Crippen molar-refractivity contribution in [3.63, 3.8) is 0 Å². The molecule has 5 nitrogen and oxygen atoms in total. The first-order valence-corrected chi connectivity index (χ1v) is 4.50. The van der Waals surface area contributed by atoms with Crippen molar-refractivity contribution in [2.75, 3.05) is 13.1 Å². The number of nitrogens with one attached hydrogen (secondary N) is 1. The van der Waals surface area contributed by atoms with Crippen molar-refractivity contribution in [2.45, 2.75) is 0 Å². The zero-order valence-corrected chi connectivity index (χ0v) is 8.45. The molecule has 0 spiro atoms. The molecule has 0 fully saturated rings. The van der Waals surface area contributed by atoms with Crippen molar-refractivity contribution in [1.82, 2.24) is 5.32 Å². The van der Waals surface area contributed by atoms with Gasteiger partial charge in [-0.05, 0) is 17.7 Å². The quantitative estimate of drug-likeness (QED) is 0.284. The third-order valence-electron chi connectivity index (χ3n) is 1.84. The molecule has 0 aliphatic carbocycles. The Labute approximate surface area is 93.9 Å². The van der Waals surface area contributed by atoms with Crippen LogP contribution < -0.4 is 5.32 Å². The lowest BCUT2D eigenvalue weighted by Gasteiger charge is -2.05. The van der Waals surface area contributed by atoms with Crippen molar-refractivity contribution < 1.29 is 18.0 Å². The maximum atomic E-state index is 13.1. The number of carbonyl (C=O) groups excluding carboxylic acids is 1. The minimum absolute atomic E-state index is 0.0203. The molecule has 0 atom stereocenters. The molecule has 90 valence electrons. The van der Waals surface area contributed by atoms with Crippen LogP contribution in [-0.4, -0.2) is 19.0 Å². The fourth-order valence-electron chi connectivity index (χ4n) is 1.06. The van der Waals surface area contributed by atoms with E-state index in [1.807, 2.05) is 0 Å². The van der Waals surface area contributed by atoms with Gasteiger partial charge in [-0.15, -0.1) is 0 Å². The maximum Gasteiger partial charge on any atom is 0.254 e. The number of azide groups is 1. The molecular formula is C9H7F3N4O. The van der Waals surface area contributed by atoms with E-state index in [-0.39, 0.29) is 13.1 Å². The number of hydrogen-bond donors (Lipinski definition) is 1. The number of carbonyl (C=O) groups is 1. The van der Waals surface area contributed by atoms with E-state index in [1.54, 1.807) is 0 Å². The number of rotatable bonds is 4. The number of amides is 1. The van der Waals surface area contributed by atoms with Crippen LogP contribution in [0.15, 0.2) is 17.2 Å². The fraction of sp³-hybridized carbons (Fsp3) is 0.222. The monoisotopic (exact) mass is 244 g/mol. The van der Waals surface area contributed by atoms with Crippen LogP contribution in [0.4, 0.5) is 13.2 Å². The highest BCUT2D eigenvalue weighted by atomic mass is 19.2. The SMILES string of the molecule is [N-]=[N+]=NCCNC(=O)c1ccc(F)c(F)c1F. The van der Waals surface area contributed by atoms with Crippen molar-refractivity contribution in [1.29, 1.82) is 0 Å². The molecule has 0 heterocycles. The molecule has 0 unspecified atom stereocenters. The molecule has 1 rings (SSSR count). The second kappa shape index (κ2) is 5.76. The van der Waals surface area contributed by atoms with Gasteiger partial charge in [-0.2, -0.15) is 0 Å². The predicted molar refractivity (Wildman–Crippen MR) is 52.7 cm³/mol. The van der Waals surface area contributed by atoms with Crippen molar-refractivity contribution >= 4 is 5.91 Å². The van der Waals surface area contributed by atoms with E-state index < -0.39 is 28.9 Å². The van der Waals surface area contributed by atoms with E-state index in [0.717, 1.165) is 6.07 Å². The van der Waals surface area contributed by atoms with Gasteiger partial charge in [0.1, 0.15) is 0 Å². The lowest BCUT2D eigenvalue weighted by molar-refractivity contribution is 0.0949. The molecule has 0 radical (unpaired) electrons. The summed E-state index contributed by atoms with van der Waals surface area (Å²) in [5, 5.41) is 5.32. The summed E-state index contributed by atoms with van der Waals surface area (Å²) in [6.45, 7) is -0.0468. The van der Waals surface area contributed by atoms with Gasteiger partial charge in [-0.3, -0.25) is 4.79 Å². The normalized spacial score (nSPS) is 9.59. The molecule has 0 saturated heterocycles. The first kappa shape index (κ1) is 12.9. The van der Waals surface area contributed by atoms with Gasteiger partial charge in [-0.1, -0.05) is 5.11 Å². The lowest BCUT2D eigenvalue weighted by atomic mass is 10.2.